The van der Waals surface area contributed by atoms with Gasteiger partial charge in [-0.3, -0.25) is 4.79 Å². The van der Waals surface area contributed by atoms with E-state index in [2.05, 4.69) is 5.32 Å². The molecule has 5 nitrogen and oxygen atoms in total. The van der Waals surface area contributed by atoms with Crippen molar-refractivity contribution in [1.29, 1.82) is 0 Å². The SMILES string of the molecule is O=C(O)CS[C@@H]1CS(=O)(=O)C[C@H]1Nc1ccccc1. The Labute approximate surface area is 116 Å². The summed E-state index contributed by atoms with van der Waals surface area (Å²) in [6.07, 6.45) is 0. The summed E-state index contributed by atoms with van der Waals surface area (Å²) in [5.41, 5.74) is 0.852. The van der Waals surface area contributed by atoms with Gasteiger partial charge in [0.25, 0.3) is 0 Å². The first-order valence-electron chi connectivity index (χ1n) is 5.82. The molecular weight excluding hydrogens is 286 g/mol. The van der Waals surface area contributed by atoms with Gasteiger partial charge in [-0.25, -0.2) is 8.42 Å². The van der Waals surface area contributed by atoms with E-state index in [-0.39, 0.29) is 28.6 Å². The van der Waals surface area contributed by atoms with E-state index in [1.807, 2.05) is 30.3 Å². The van der Waals surface area contributed by atoms with Gasteiger partial charge >= 0.3 is 5.97 Å². The number of para-hydroxylation sites is 1. The predicted molar refractivity (Wildman–Crippen MR) is 76.4 cm³/mol. The van der Waals surface area contributed by atoms with E-state index >= 15 is 0 Å². The molecule has 0 amide bonds. The number of anilines is 1. The van der Waals surface area contributed by atoms with Crippen LogP contribution in [0.1, 0.15) is 0 Å². The highest BCUT2D eigenvalue weighted by atomic mass is 32.2. The number of rotatable bonds is 5. The average molecular weight is 301 g/mol. The van der Waals surface area contributed by atoms with Crippen LogP contribution in [0.2, 0.25) is 0 Å². The molecule has 1 aliphatic heterocycles. The average Bonchev–Trinajstić information content (AvgIpc) is 2.62. The number of benzene rings is 1. The quantitative estimate of drug-likeness (QED) is 0.847. The Kier molecular flexibility index (Phi) is 4.36. The van der Waals surface area contributed by atoms with Gasteiger partial charge in [0, 0.05) is 10.9 Å². The van der Waals surface area contributed by atoms with Gasteiger partial charge < -0.3 is 10.4 Å². The zero-order valence-electron chi connectivity index (χ0n) is 10.2. The van der Waals surface area contributed by atoms with E-state index in [4.69, 9.17) is 5.11 Å². The fourth-order valence-corrected chi connectivity index (χ4v) is 5.65. The Balaban J connectivity index is 2.05. The standard InChI is InChI=1S/C12H15NO4S2/c14-12(15)6-18-11-8-19(16,17)7-10(11)13-9-4-2-1-3-5-9/h1-5,10-11,13H,6-8H2,(H,14,15)/t10-,11-/m1/s1. The van der Waals surface area contributed by atoms with Gasteiger partial charge in [-0.2, -0.15) is 0 Å². The van der Waals surface area contributed by atoms with Crippen molar-refractivity contribution in [1.82, 2.24) is 0 Å². The number of sulfone groups is 1. The molecule has 19 heavy (non-hydrogen) atoms. The van der Waals surface area contributed by atoms with Crippen molar-refractivity contribution in [3.05, 3.63) is 30.3 Å². The van der Waals surface area contributed by atoms with Gasteiger partial charge in [0.1, 0.15) is 0 Å². The van der Waals surface area contributed by atoms with Crippen LogP contribution in [0.15, 0.2) is 30.3 Å². The highest BCUT2D eigenvalue weighted by Gasteiger charge is 2.38. The Morgan fingerprint density at radius 3 is 2.63 bits per heavy atom. The number of thioether (sulfide) groups is 1. The topological polar surface area (TPSA) is 83.5 Å². The van der Waals surface area contributed by atoms with Crippen molar-refractivity contribution >= 4 is 33.3 Å². The Bertz CT molecular complexity index is 544. The summed E-state index contributed by atoms with van der Waals surface area (Å²) < 4.78 is 23.4. The van der Waals surface area contributed by atoms with Crippen LogP contribution >= 0.6 is 11.8 Å². The maximum atomic E-state index is 11.7. The minimum Gasteiger partial charge on any atom is -0.481 e. The van der Waals surface area contributed by atoms with Crippen LogP contribution in [0.25, 0.3) is 0 Å². The van der Waals surface area contributed by atoms with E-state index in [1.165, 1.54) is 11.8 Å². The molecule has 0 aliphatic carbocycles. The third kappa shape index (κ3) is 4.14. The lowest BCUT2D eigenvalue weighted by Crippen LogP contribution is -2.30. The molecule has 0 saturated carbocycles. The number of nitrogens with one attached hydrogen (secondary N) is 1. The van der Waals surface area contributed by atoms with E-state index in [0.29, 0.717) is 0 Å². The third-order valence-corrected chi connectivity index (χ3v) is 6.13. The molecule has 0 spiro atoms. The second-order valence-electron chi connectivity index (χ2n) is 4.44. The molecule has 1 aliphatic rings. The zero-order valence-corrected chi connectivity index (χ0v) is 11.8. The van der Waals surface area contributed by atoms with E-state index in [9.17, 15) is 13.2 Å². The molecule has 1 aromatic rings. The van der Waals surface area contributed by atoms with Crippen LogP contribution in [0.3, 0.4) is 0 Å². The molecule has 1 aromatic carbocycles. The number of hydrogen-bond acceptors (Lipinski definition) is 5. The summed E-state index contributed by atoms with van der Waals surface area (Å²) in [5, 5.41) is 11.6. The van der Waals surface area contributed by atoms with Crippen LogP contribution in [0, 0.1) is 0 Å². The van der Waals surface area contributed by atoms with Crippen LogP contribution in [0.5, 0.6) is 0 Å². The van der Waals surface area contributed by atoms with Crippen LogP contribution in [-0.2, 0) is 14.6 Å². The molecule has 7 heteroatoms. The largest absolute Gasteiger partial charge is 0.481 e. The summed E-state index contributed by atoms with van der Waals surface area (Å²) in [7, 11) is -3.09. The third-order valence-electron chi connectivity index (χ3n) is 2.85. The van der Waals surface area contributed by atoms with Gasteiger partial charge in [-0.1, -0.05) is 18.2 Å². The van der Waals surface area contributed by atoms with E-state index in [0.717, 1.165) is 5.69 Å². The Hall–Kier alpha value is -1.21. The number of aliphatic carboxylic acids is 1. The van der Waals surface area contributed by atoms with Gasteiger partial charge in [-0.15, -0.1) is 11.8 Å². The first kappa shape index (κ1) is 14.2. The highest BCUT2D eigenvalue weighted by molar-refractivity contribution is 8.02. The fourth-order valence-electron chi connectivity index (χ4n) is 2.04. The van der Waals surface area contributed by atoms with Crippen molar-refractivity contribution in [3.8, 4) is 0 Å². The second-order valence-corrected chi connectivity index (χ2v) is 7.82. The van der Waals surface area contributed by atoms with Gasteiger partial charge in [0.2, 0.25) is 0 Å². The lowest BCUT2D eigenvalue weighted by atomic mass is 10.2. The van der Waals surface area contributed by atoms with Crippen molar-refractivity contribution in [3.63, 3.8) is 0 Å². The number of carbonyl (C=O) groups is 1. The van der Waals surface area contributed by atoms with Gasteiger partial charge in [-0.05, 0) is 12.1 Å². The van der Waals surface area contributed by atoms with E-state index in [1.54, 1.807) is 0 Å². The summed E-state index contributed by atoms with van der Waals surface area (Å²) in [6.45, 7) is 0. The number of hydrogen-bond donors (Lipinski definition) is 2. The summed E-state index contributed by atoms with van der Waals surface area (Å²) in [6, 6.07) is 9.11. The lowest BCUT2D eigenvalue weighted by Gasteiger charge is -2.19. The van der Waals surface area contributed by atoms with Crippen molar-refractivity contribution in [2.75, 3.05) is 22.6 Å². The first-order valence-corrected chi connectivity index (χ1v) is 8.69. The Morgan fingerprint density at radius 2 is 2.00 bits per heavy atom. The van der Waals surface area contributed by atoms with Crippen LogP contribution < -0.4 is 5.32 Å². The fraction of sp³-hybridized carbons (Fsp3) is 0.417. The molecule has 0 bridgehead atoms. The summed E-state index contributed by atoms with van der Waals surface area (Å²) >= 11 is 1.18. The summed E-state index contributed by atoms with van der Waals surface area (Å²) in [4.78, 5) is 10.6. The molecule has 0 unspecified atom stereocenters. The smallest absolute Gasteiger partial charge is 0.313 e. The number of carboxylic acid groups (broad SMARTS) is 1. The molecular formula is C12H15NO4S2. The van der Waals surface area contributed by atoms with Crippen LogP contribution in [-0.4, -0.2) is 48.0 Å². The summed E-state index contributed by atoms with van der Waals surface area (Å²) in [5.74, 6) is -0.908. The molecule has 1 saturated heterocycles. The highest BCUT2D eigenvalue weighted by Crippen LogP contribution is 2.27. The lowest BCUT2D eigenvalue weighted by molar-refractivity contribution is -0.133. The molecule has 0 aromatic heterocycles. The van der Waals surface area contributed by atoms with Crippen molar-refractivity contribution in [2.45, 2.75) is 11.3 Å². The van der Waals surface area contributed by atoms with E-state index < -0.39 is 15.8 Å². The van der Waals surface area contributed by atoms with Gasteiger partial charge in [0.15, 0.2) is 9.84 Å². The monoisotopic (exact) mass is 301 g/mol. The zero-order chi connectivity index (χ0) is 13.9. The molecule has 2 rings (SSSR count). The van der Waals surface area contributed by atoms with Gasteiger partial charge in [0.05, 0.1) is 23.3 Å². The van der Waals surface area contributed by atoms with Crippen molar-refractivity contribution < 1.29 is 18.3 Å². The number of carboxylic acids is 1. The molecule has 0 radical (unpaired) electrons. The maximum Gasteiger partial charge on any atom is 0.313 e. The minimum absolute atomic E-state index is 0.0371. The second kappa shape index (κ2) is 5.83. The molecule has 104 valence electrons. The predicted octanol–water partition coefficient (Wildman–Crippen LogP) is 1.08. The molecule has 1 fully saturated rings. The van der Waals surface area contributed by atoms with Crippen molar-refractivity contribution in [2.24, 2.45) is 0 Å². The molecule has 2 N–H and O–H groups in total. The normalized spacial score (nSPS) is 25.1. The molecule has 1 heterocycles. The minimum atomic E-state index is -3.09. The van der Waals surface area contributed by atoms with Crippen LogP contribution in [0.4, 0.5) is 5.69 Å². The first-order chi connectivity index (χ1) is 8.96. The molecule has 2 atom stereocenters. The Morgan fingerprint density at radius 1 is 1.32 bits per heavy atom. The maximum absolute atomic E-state index is 11.7.